The fourth-order valence-electron chi connectivity index (χ4n) is 1.87. The van der Waals surface area contributed by atoms with Gasteiger partial charge >= 0.3 is 0 Å². The number of methoxy groups -OCH3 is 1. The van der Waals surface area contributed by atoms with Gasteiger partial charge in [-0.3, -0.25) is 4.79 Å². The summed E-state index contributed by atoms with van der Waals surface area (Å²) in [7, 11) is 1.67. The predicted octanol–water partition coefficient (Wildman–Crippen LogP) is 3.00. The van der Waals surface area contributed by atoms with Gasteiger partial charge in [-0.05, 0) is 34.5 Å². The molecule has 0 aromatic heterocycles. The van der Waals surface area contributed by atoms with Crippen molar-refractivity contribution in [3.8, 4) is 5.75 Å². The summed E-state index contributed by atoms with van der Waals surface area (Å²) in [6.07, 6.45) is 3.94. The minimum absolute atomic E-state index is 0.0183. The standard InChI is InChI=1S/C16H17NO2/c1-12(18)17-9-3-4-13-5-6-15-11-16(19-2)8-7-14(15)10-13/h3-8,10-11H,9H2,1-2H3,(H,17,18). The summed E-state index contributed by atoms with van der Waals surface area (Å²) in [6.45, 7) is 2.06. The molecule has 0 atom stereocenters. The lowest BCUT2D eigenvalue weighted by Gasteiger charge is -2.03. The van der Waals surface area contributed by atoms with E-state index in [0.717, 1.165) is 16.7 Å². The average Bonchev–Trinajstić information content (AvgIpc) is 2.42. The van der Waals surface area contributed by atoms with Crippen molar-refractivity contribution in [3.05, 3.63) is 48.0 Å². The first-order valence-electron chi connectivity index (χ1n) is 6.18. The smallest absolute Gasteiger partial charge is 0.217 e. The summed E-state index contributed by atoms with van der Waals surface area (Å²) < 4.78 is 5.20. The van der Waals surface area contributed by atoms with E-state index in [1.807, 2.05) is 36.4 Å². The molecule has 0 aliphatic heterocycles. The lowest BCUT2D eigenvalue weighted by molar-refractivity contribution is -0.118. The van der Waals surface area contributed by atoms with Crippen molar-refractivity contribution in [1.29, 1.82) is 0 Å². The van der Waals surface area contributed by atoms with Crippen molar-refractivity contribution in [2.24, 2.45) is 0 Å². The molecule has 0 spiro atoms. The Morgan fingerprint density at radius 1 is 1.21 bits per heavy atom. The van der Waals surface area contributed by atoms with E-state index in [4.69, 9.17) is 4.74 Å². The number of ether oxygens (including phenoxy) is 1. The number of carbonyl (C=O) groups is 1. The number of hydrogen-bond acceptors (Lipinski definition) is 2. The van der Waals surface area contributed by atoms with Crippen LogP contribution in [0, 0.1) is 0 Å². The van der Waals surface area contributed by atoms with Crippen LogP contribution in [0.2, 0.25) is 0 Å². The van der Waals surface area contributed by atoms with Gasteiger partial charge in [-0.2, -0.15) is 0 Å². The van der Waals surface area contributed by atoms with E-state index in [9.17, 15) is 4.79 Å². The summed E-state index contributed by atoms with van der Waals surface area (Å²) in [5.41, 5.74) is 1.11. The summed E-state index contributed by atoms with van der Waals surface area (Å²) in [6, 6.07) is 12.2. The molecule has 2 aromatic rings. The topological polar surface area (TPSA) is 38.3 Å². The molecule has 0 bridgehead atoms. The molecular weight excluding hydrogens is 238 g/mol. The van der Waals surface area contributed by atoms with Crippen molar-refractivity contribution >= 4 is 22.8 Å². The Morgan fingerprint density at radius 2 is 1.95 bits per heavy atom. The van der Waals surface area contributed by atoms with Gasteiger partial charge in [-0.25, -0.2) is 0 Å². The molecule has 0 heterocycles. The van der Waals surface area contributed by atoms with Crippen molar-refractivity contribution < 1.29 is 9.53 Å². The van der Waals surface area contributed by atoms with E-state index in [2.05, 4.69) is 17.4 Å². The third-order valence-electron chi connectivity index (χ3n) is 2.85. The van der Waals surface area contributed by atoms with Gasteiger partial charge in [0.05, 0.1) is 7.11 Å². The number of nitrogens with one attached hydrogen (secondary N) is 1. The quantitative estimate of drug-likeness (QED) is 0.912. The van der Waals surface area contributed by atoms with Crippen LogP contribution in [0.1, 0.15) is 12.5 Å². The van der Waals surface area contributed by atoms with Gasteiger partial charge in [0, 0.05) is 13.5 Å². The Bertz CT molecular complexity index is 617. The van der Waals surface area contributed by atoms with Crippen molar-refractivity contribution in [2.45, 2.75) is 6.92 Å². The monoisotopic (exact) mass is 255 g/mol. The van der Waals surface area contributed by atoms with Gasteiger partial charge in [-0.15, -0.1) is 0 Å². The second-order valence-corrected chi connectivity index (χ2v) is 4.31. The zero-order valence-corrected chi connectivity index (χ0v) is 11.1. The largest absolute Gasteiger partial charge is 0.497 e. The number of amides is 1. The molecule has 0 aliphatic rings. The van der Waals surface area contributed by atoms with Crippen LogP contribution in [-0.2, 0) is 4.79 Å². The van der Waals surface area contributed by atoms with Gasteiger partial charge in [0.1, 0.15) is 5.75 Å². The Hall–Kier alpha value is -2.29. The number of benzene rings is 2. The summed E-state index contributed by atoms with van der Waals surface area (Å²) in [4.78, 5) is 10.7. The lowest BCUT2D eigenvalue weighted by Crippen LogP contribution is -2.19. The zero-order valence-electron chi connectivity index (χ0n) is 11.1. The normalized spacial score (nSPS) is 10.8. The Morgan fingerprint density at radius 3 is 2.68 bits per heavy atom. The Labute approximate surface area is 112 Å². The number of hydrogen-bond donors (Lipinski definition) is 1. The Balaban J connectivity index is 2.15. The van der Waals surface area contributed by atoms with E-state index in [1.54, 1.807) is 7.11 Å². The Kier molecular flexibility index (Phi) is 4.18. The first-order valence-corrected chi connectivity index (χ1v) is 6.18. The van der Waals surface area contributed by atoms with E-state index in [-0.39, 0.29) is 5.91 Å². The maximum atomic E-state index is 10.7. The minimum Gasteiger partial charge on any atom is -0.497 e. The zero-order chi connectivity index (χ0) is 13.7. The summed E-state index contributed by atoms with van der Waals surface area (Å²) >= 11 is 0. The van der Waals surface area contributed by atoms with Gasteiger partial charge in [0.2, 0.25) is 5.91 Å². The van der Waals surface area contributed by atoms with Crippen LogP contribution in [0.15, 0.2) is 42.5 Å². The molecule has 0 radical (unpaired) electrons. The highest BCUT2D eigenvalue weighted by atomic mass is 16.5. The maximum absolute atomic E-state index is 10.7. The van der Waals surface area contributed by atoms with Crippen LogP contribution in [0.25, 0.3) is 16.8 Å². The van der Waals surface area contributed by atoms with Crippen molar-refractivity contribution in [3.63, 3.8) is 0 Å². The molecule has 0 saturated carbocycles. The highest BCUT2D eigenvalue weighted by molar-refractivity contribution is 5.86. The molecule has 0 aliphatic carbocycles. The van der Waals surface area contributed by atoms with Crippen molar-refractivity contribution in [1.82, 2.24) is 5.32 Å². The van der Waals surface area contributed by atoms with Crippen LogP contribution in [-0.4, -0.2) is 19.6 Å². The molecule has 98 valence electrons. The van der Waals surface area contributed by atoms with Crippen LogP contribution in [0.5, 0.6) is 5.75 Å². The second-order valence-electron chi connectivity index (χ2n) is 4.31. The molecule has 2 rings (SSSR count). The van der Waals surface area contributed by atoms with E-state index >= 15 is 0 Å². The molecule has 19 heavy (non-hydrogen) atoms. The van der Waals surface area contributed by atoms with Gasteiger partial charge < -0.3 is 10.1 Å². The van der Waals surface area contributed by atoms with Gasteiger partial charge in [-0.1, -0.05) is 30.4 Å². The molecule has 2 aromatic carbocycles. The van der Waals surface area contributed by atoms with Crippen LogP contribution < -0.4 is 10.1 Å². The van der Waals surface area contributed by atoms with E-state index < -0.39 is 0 Å². The highest BCUT2D eigenvalue weighted by Gasteiger charge is 1.97. The van der Waals surface area contributed by atoms with Crippen molar-refractivity contribution in [2.75, 3.05) is 13.7 Å². The third kappa shape index (κ3) is 3.58. The SMILES string of the molecule is COc1ccc2cc(C=CCNC(C)=O)ccc2c1. The molecule has 0 saturated heterocycles. The molecule has 3 nitrogen and oxygen atoms in total. The average molecular weight is 255 g/mol. The van der Waals surface area contributed by atoms with Gasteiger partial charge in [0.15, 0.2) is 0 Å². The van der Waals surface area contributed by atoms with E-state index in [1.165, 1.54) is 12.3 Å². The summed E-state index contributed by atoms with van der Waals surface area (Å²) in [5.74, 6) is 0.844. The maximum Gasteiger partial charge on any atom is 0.217 e. The molecule has 1 N–H and O–H groups in total. The molecule has 0 fully saturated rings. The number of rotatable bonds is 4. The summed E-state index contributed by atoms with van der Waals surface area (Å²) in [5, 5.41) is 5.05. The predicted molar refractivity (Wildman–Crippen MR) is 78.2 cm³/mol. The first kappa shape index (κ1) is 13.1. The highest BCUT2D eigenvalue weighted by Crippen LogP contribution is 2.22. The lowest BCUT2D eigenvalue weighted by atomic mass is 10.1. The molecular formula is C16H17NO2. The fourth-order valence-corrected chi connectivity index (χ4v) is 1.87. The molecule has 1 amide bonds. The van der Waals surface area contributed by atoms with Crippen LogP contribution in [0.3, 0.4) is 0 Å². The van der Waals surface area contributed by atoms with Gasteiger partial charge in [0.25, 0.3) is 0 Å². The molecule has 3 heteroatoms. The second kappa shape index (κ2) is 6.05. The van der Waals surface area contributed by atoms with Crippen LogP contribution in [0.4, 0.5) is 0 Å². The first-order chi connectivity index (χ1) is 9.19. The fraction of sp³-hybridized carbons (Fsp3) is 0.188. The number of carbonyl (C=O) groups excluding carboxylic acids is 1. The van der Waals surface area contributed by atoms with Crippen LogP contribution >= 0.6 is 0 Å². The van der Waals surface area contributed by atoms with E-state index in [0.29, 0.717) is 6.54 Å². The third-order valence-corrected chi connectivity index (χ3v) is 2.85. The number of fused-ring (bicyclic) bond motifs is 1. The minimum atomic E-state index is -0.0183. The molecule has 0 unspecified atom stereocenters.